The number of carbonyl (C=O) groups excluding carboxylic acids is 2. The number of halogens is 1. The summed E-state index contributed by atoms with van der Waals surface area (Å²) in [6.45, 7) is 1.76. The Morgan fingerprint density at radius 3 is 2.05 bits per heavy atom. The molecule has 4 nitrogen and oxygen atoms in total. The molecule has 110 valence electrons. The van der Waals surface area contributed by atoms with Gasteiger partial charge < -0.3 is 21.7 Å². The maximum absolute atomic E-state index is 12.1. The normalized spacial score (nSPS) is 9.62. The highest BCUT2D eigenvalue weighted by atomic mass is 79.9. The molecule has 21 heavy (non-hydrogen) atoms. The molecule has 0 saturated heterocycles. The van der Waals surface area contributed by atoms with Gasteiger partial charge in [-0.1, -0.05) is 0 Å². The van der Waals surface area contributed by atoms with Gasteiger partial charge in [0, 0.05) is 23.3 Å². The lowest BCUT2D eigenvalue weighted by molar-refractivity contribution is -0.683. The van der Waals surface area contributed by atoms with Gasteiger partial charge in [0.25, 0.3) is 0 Å². The molecule has 2 aromatic rings. The molecule has 0 unspecified atom stereocenters. The highest BCUT2D eigenvalue weighted by molar-refractivity contribution is 5.95. The molecule has 0 N–H and O–H groups in total. The molecule has 0 aliphatic heterocycles. The zero-order chi connectivity index (χ0) is 14.5. The molecule has 0 spiro atoms. The Kier molecular flexibility index (Phi) is 6.24. The topological polar surface area (TPSA) is 47.2 Å². The number of hydrogen-bond acceptors (Lipinski definition) is 3. The van der Waals surface area contributed by atoms with E-state index in [4.69, 9.17) is 4.74 Å². The van der Waals surface area contributed by atoms with Crippen LogP contribution in [0.15, 0.2) is 48.8 Å². The maximum atomic E-state index is 12.1. The fourth-order valence-corrected chi connectivity index (χ4v) is 1.83. The molecular formula is C16H16BrNO3. The number of aromatic nitrogens is 1. The molecule has 0 fully saturated rings. The van der Waals surface area contributed by atoms with Crippen LogP contribution in [0.1, 0.15) is 27.6 Å². The Labute approximate surface area is 134 Å². The summed E-state index contributed by atoms with van der Waals surface area (Å²) in [5, 5.41) is 0. The van der Waals surface area contributed by atoms with Gasteiger partial charge in [-0.05, 0) is 31.2 Å². The first kappa shape index (κ1) is 17.0. The van der Waals surface area contributed by atoms with E-state index < -0.39 is 0 Å². The zero-order valence-corrected chi connectivity index (χ0v) is 13.5. The molecule has 5 heteroatoms. The van der Waals surface area contributed by atoms with Crippen LogP contribution in [0.25, 0.3) is 0 Å². The number of ketones is 2. The monoisotopic (exact) mass is 349 g/mol. The van der Waals surface area contributed by atoms with E-state index in [1.807, 2.05) is 0 Å². The summed E-state index contributed by atoms with van der Waals surface area (Å²) in [4.78, 5) is 23.3. The second kappa shape index (κ2) is 7.69. The number of Topliss-reactive ketones (excluding diaryl/α,β-unsaturated/α-hetero) is 2. The summed E-state index contributed by atoms with van der Waals surface area (Å²) in [6, 6.07) is 10.4. The molecule has 0 saturated carbocycles. The Morgan fingerprint density at radius 2 is 1.57 bits per heavy atom. The Morgan fingerprint density at radius 1 is 1.00 bits per heavy atom. The molecule has 0 aliphatic rings. The first-order valence-corrected chi connectivity index (χ1v) is 6.27. The summed E-state index contributed by atoms with van der Waals surface area (Å²) in [7, 11) is 1.59. The van der Waals surface area contributed by atoms with Gasteiger partial charge in [-0.25, -0.2) is 0 Å². The van der Waals surface area contributed by atoms with Crippen LogP contribution in [0.5, 0.6) is 5.75 Å². The van der Waals surface area contributed by atoms with Gasteiger partial charge in [0.05, 0.1) is 7.11 Å². The van der Waals surface area contributed by atoms with E-state index in [2.05, 4.69) is 0 Å². The van der Waals surface area contributed by atoms with E-state index in [0.717, 1.165) is 5.75 Å². The summed E-state index contributed by atoms with van der Waals surface area (Å²) in [5.41, 5.74) is 1.27. The number of hydrogen-bond donors (Lipinski definition) is 0. The van der Waals surface area contributed by atoms with Crippen LogP contribution < -0.4 is 26.3 Å². The van der Waals surface area contributed by atoms with Gasteiger partial charge in [-0.2, -0.15) is 4.57 Å². The van der Waals surface area contributed by atoms with Gasteiger partial charge in [-0.15, -0.1) is 0 Å². The Balaban J connectivity index is 0.00000220. The van der Waals surface area contributed by atoms with Gasteiger partial charge in [-0.3, -0.25) is 9.59 Å². The van der Waals surface area contributed by atoms with Crippen LogP contribution in [-0.2, 0) is 6.54 Å². The van der Waals surface area contributed by atoms with Crippen molar-refractivity contribution in [3.8, 4) is 5.75 Å². The molecule has 0 aliphatic carbocycles. The third kappa shape index (κ3) is 4.49. The standard InChI is InChI=1S/C16H16NO3.BrH/c1-12(18)13-7-9-17(10-8-13)11-16(19)14-3-5-15(20-2)6-4-14;/h3-10H,11H2,1-2H3;1H/q+1;/p-1. The minimum atomic E-state index is 0. The van der Waals surface area contributed by atoms with Gasteiger partial charge >= 0.3 is 0 Å². The zero-order valence-electron chi connectivity index (χ0n) is 11.9. The molecule has 1 heterocycles. The van der Waals surface area contributed by atoms with Crippen LogP contribution >= 0.6 is 0 Å². The van der Waals surface area contributed by atoms with E-state index in [-0.39, 0.29) is 35.1 Å². The Hall–Kier alpha value is -2.01. The van der Waals surface area contributed by atoms with Crippen molar-refractivity contribution in [2.45, 2.75) is 13.5 Å². The predicted octanol–water partition coefficient (Wildman–Crippen LogP) is -0.928. The second-order valence-electron chi connectivity index (χ2n) is 4.47. The fourth-order valence-electron chi connectivity index (χ4n) is 1.83. The number of carbonyl (C=O) groups is 2. The summed E-state index contributed by atoms with van der Waals surface area (Å²) >= 11 is 0. The smallest absolute Gasteiger partial charge is 0.227 e. The minimum Gasteiger partial charge on any atom is -1.00 e. The number of benzene rings is 1. The number of rotatable bonds is 5. The molecule has 0 radical (unpaired) electrons. The van der Waals surface area contributed by atoms with Crippen LogP contribution in [0.2, 0.25) is 0 Å². The SMILES string of the molecule is COc1ccc(C(=O)C[n+]2ccc(C(C)=O)cc2)cc1.[Br-]. The third-order valence-corrected chi connectivity index (χ3v) is 3.04. The summed E-state index contributed by atoms with van der Waals surface area (Å²) in [6.07, 6.45) is 3.47. The quantitative estimate of drug-likeness (QED) is 0.517. The van der Waals surface area contributed by atoms with Crippen molar-refractivity contribution in [3.05, 3.63) is 59.9 Å². The van der Waals surface area contributed by atoms with E-state index in [9.17, 15) is 9.59 Å². The first-order chi connectivity index (χ1) is 9.60. The van der Waals surface area contributed by atoms with E-state index >= 15 is 0 Å². The van der Waals surface area contributed by atoms with Gasteiger partial charge in [0.1, 0.15) is 5.75 Å². The largest absolute Gasteiger partial charge is 1.00 e. The molecular weight excluding hydrogens is 334 g/mol. The van der Waals surface area contributed by atoms with E-state index in [1.165, 1.54) is 6.92 Å². The second-order valence-corrected chi connectivity index (χ2v) is 4.47. The van der Waals surface area contributed by atoms with Crippen LogP contribution in [0.3, 0.4) is 0 Å². The van der Waals surface area contributed by atoms with Gasteiger partial charge in [0.15, 0.2) is 18.2 Å². The predicted molar refractivity (Wildman–Crippen MR) is 74.0 cm³/mol. The number of nitrogens with zero attached hydrogens (tertiary/aromatic N) is 1. The third-order valence-electron chi connectivity index (χ3n) is 3.04. The van der Waals surface area contributed by atoms with Crippen LogP contribution in [0.4, 0.5) is 0 Å². The van der Waals surface area contributed by atoms with Gasteiger partial charge in [0.2, 0.25) is 12.3 Å². The summed E-state index contributed by atoms with van der Waals surface area (Å²) < 4.78 is 6.80. The Bertz CT molecular complexity index is 621. The summed E-state index contributed by atoms with van der Waals surface area (Å²) in [5.74, 6) is 0.742. The average Bonchev–Trinajstić information content (AvgIpc) is 2.48. The fraction of sp³-hybridized carbons (Fsp3) is 0.188. The lowest BCUT2D eigenvalue weighted by atomic mass is 10.1. The average molecular weight is 350 g/mol. The molecule has 0 atom stereocenters. The van der Waals surface area contributed by atoms with Crippen molar-refractivity contribution < 1.29 is 35.9 Å². The number of pyridine rings is 1. The van der Waals surface area contributed by atoms with E-state index in [0.29, 0.717) is 11.1 Å². The highest BCUT2D eigenvalue weighted by Gasteiger charge is 2.12. The molecule has 0 bridgehead atoms. The lowest BCUT2D eigenvalue weighted by Crippen LogP contribution is -3.00. The highest BCUT2D eigenvalue weighted by Crippen LogP contribution is 2.11. The molecule has 1 aromatic heterocycles. The molecule has 1 aromatic carbocycles. The van der Waals surface area contributed by atoms with Crippen LogP contribution in [-0.4, -0.2) is 18.7 Å². The maximum Gasteiger partial charge on any atom is 0.227 e. The van der Waals surface area contributed by atoms with Crippen molar-refractivity contribution in [1.29, 1.82) is 0 Å². The molecule has 0 amide bonds. The van der Waals surface area contributed by atoms with E-state index in [1.54, 1.807) is 60.5 Å². The number of ether oxygens (including phenoxy) is 1. The minimum absolute atomic E-state index is 0. The number of methoxy groups -OCH3 is 1. The van der Waals surface area contributed by atoms with Crippen LogP contribution in [0, 0.1) is 0 Å². The van der Waals surface area contributed by atoms with Crippen molar-refractivity contribution in [2.75, 3.05) is 7.11 Å². The molecule has 2 rings (SSSR count). The van der Waals surface area contributed by atoms with Crippen molar-refractivity contribution >= 4 is 11.6 Å². The van der Waals surface area contributed by atoms with Crippen molar-refractivity contribution in [2.24, 2.45) is 0 Å². The van der Waals surface area contributed by atoms with Crippen molar-refractivity contribution in [1.82, 2.24) is 0 Å². The first-order valence-electron chi connectivity index (χ1n) is 6.27. The van der Waals surface area contributed by atoms with Crippen molar-refractivity contribution in [3.63, 3.8) is 0 Å². The lowest BCUT2D eigenvalue weighted by Gasteiger charge is -2.01.